The van der Waals surface area contributed by atoms with E-state index in [1.807, 2.05) is 50.2 Å². The van der Waals surface area contributed by atoms with E-state index < -0.39 is 12.1 Å². The molecule has 0 aliphatic heterocycles. The van der Waals surface area contributed by atoms with Gasteiger partial charge in [0.15, 0.2) is 0 Å². The number of aliphatic carboxylic acids is 1. The molecule has 2 rings (SSSR count). The molecule has 1 unspecified atom stereocenters. The predicted molar refractivity (Wildman–Crippen MR) is 86.4 cm³/mol. The van der Waals surface area contributed by atoms with Crippen LogP contribution in [0, 0.1) is 6.92 Å². The Labute approximate surface area is 135 Å². The molecule has 0 radical (unpaired) electrons. The molecule has 0 bridgehead atoms. The highest BCUT2D eigenvalue weighted by atomic mass is 16.5. The van der Waals surface area contributed by atoms with Crippen molar-refractivity contribution in [3.63, 3.8) is 0 Å². The first-order chi connectivity index (χ1) is 11.1. The molecule has 0 aliphatic carbocycles. The zero-order chi connectivity index (χ0) is 16.7. The van der Waals surface area contributed by atoms with Crippen LogP contribution in [0.4, 0.5) is 0 Å². The number of carboxylic acid groups (broad SMARTS) is 1. The van der Waals surface area contributed by atoms with Gasteiger partial charge in [0.2, 0.25) is 0 Å². The summed E-state index contributed by atoms with van der Waals surface area (Å²) in [6.07, 6.45) is 1.26. The maximum Gasteiger partial charge on any atom is 0.306 e. The number of aryl methyl sites for hydroxylation is 1. The first kappa shape index (κ1) is 17.0. The largest absolute Gasteiger partial charge is 0.489 e. The van der Waals surface area contributed by atoms with Crippen LogP contribution >= 0.6 is 0 Å². The second-order valence-corrected chi connectivity index (χ2v) is 5.15. The van der Waals surface area contributed by atoms with Crippen molar-refractivity contribution in [1.29, 1.82) is 0 Å². The molecule has 1 heterocycles. The Morgan fingerprint density at radius 3 is 2.61 bits per heavy atom. The highest BCUT2D eigenvalue weighted by molar-refractivity contribution is 5.67. The summed E-state index contributed by atoms with van der Waals surface area (Å²) in [7, 11) is 0. The van der Waals surface area contributed by atoms with E-state index in [4.69, 9.17) is 14.6 Å². The molecular weight excluding hydrogens is 294 g/mol. The van der Waals surface area contributed by atoms with Gasteiger partial charge in [0.05, 0.1) is 12.5 Å². The molecule has 2 aromatic rings. The second-order valence-electron chi connectivity index (χ2n) is 5.15. The quantitative estimate of drug-likeness (QED) is 0.807. The molecule has 0 aliphatic rings. The van der Waals surface area contributed by atoms with E-state index in [-0.39, 0.29) is 6.42 Å². The van der Waals surface area contributed by atoms with Crippen molar-refractivity contribution in [2.75, 3.05) is 6.61 Å². The van der Waals surface area contributed by atoms with Crippen LogP contribution in [0.25, 0.3) is 0 Å². The Bertz CT molecular complexity index is 640. The summed E-state index contributed by atoms with van der Waals surface area (Å²) in [4.78, 5) is 15.1. The van der Waals surface area contributed by atoms with E-state index in [1.165, 1.54) is 0 Å². The summed E-state index contributed by atoms with van der Waals surface area (Å²) in [5, 5.41) is 8.95. The van der Waals surface area contributed by atoms with E-state index >= 15 is 0 Å². The number of hydrogen-bond donors (Lipinski definition) is 1. The van der Waals surface area contributed by atoms with Gasteiger partial charge in [-0.15, -0.1) is 0 Å². The number of hydrogen-bond acceptors (Lipinski definition) is 4. The van der Waals surface area contributed by atoms with Gasteiger partial charge in [-0.1, -0.05) is 18.2 Å². The van der Waals surface area contributed by atoms with Crippen LogP contribution < -0.4 is 4.74 Å². The third-order valence-electron chi connectivity index (χ3n) is 3.49. The molecule has 5 nitrogen and oxygen atoms in total. The lowest BCUT2D eigenvalue weighted by Gasteiger charge is -2.16. The molecule has 0 saturated heterocycles. The minimum atomic E-state index is -0.879. The summed E-state index contributed by atoms with van der Waals surface area (Å²) < 4.78 is 11.2. The Balaban J connectivity index is 2.00. The lowest BCUT2D eigenvalue weighted by Crippen LogP contribution is -2.10. The van der Waals surface area contributed by atoms with Crippen LogP contribution in [0.5, 0.6) is 5.75 Å². The summed E-state index contributed by atoms with van der Waals surface area (Å²) in [6, 6.07) is 11.2. The second kappa shape index (κ2) is 8.29. The van der Waals surface area contributed by atoms with Crippen molar-refractivity contribution >= 4 is 5.97 Å². The van der Waals surface area contributed by atoms with Crippen LogP contribution in [-0.4, -0.2) is 22.7 Å². The SMILES string of the molecule is CCOC(CC(=O)O)c1ccc(OCc2cccnc2C)cc1. The molecule has 0 fully saturated rings. The summed E-state index contributed by atoms with van der Waals surface area (Å²) in [5.41, 5.74) is 2.82. The van der Waals surface area contributed by atoms with Gasteiger partial charge in [-0.25, -0.2) is 0 Å². The molecule has 1 N–H and O–H groups in total. The number of carboxylic acids is 1. The zero-order valence-electron chi connectivity index (χ0n) is 13.4. The fourth-order valence-electron chi connectivity index (χ4n) is 2.24. The van der Waals surface area contributed by atoms with E-state index in [9.17, 15) is 4.79 Å². The molecule has 0 saturated carbocycles. The third kappa shape index (κ3) is 5.07. The van der Waals surface area contributed by atoms with Crippen LogP contribution in [0.1, 0.15) is 36.3 Å². The van der Waals surface area contributed by atoms with E-state index in [2.05, 4.69) is 4.98 Å². The van der Waals surface area contributed by atoms with Crippen LogP contribution in [0.3, 0.4) is 0 Å². The van der Waals surface area contributed by atoms with Gasteiger partial charge in [-0.05, 0) is 37.6 Å². The van der Waals surface area contributed by atoms with Gasteiger partial charge < -0.3 is 14.6 Å². The molecule has 122 valence electrons. The number of aromatic nitrogens is 1. The average molecular weight is 315 g/mol. The smallest absolute Gasteiger partial charge is 0.306 e. The van der Waals surface area contributed by atoms with Crippen molar-refractivity contribution in [2.45, 2.75) is 33.0 Å². The van der Waals surface area contributed by atoms with Crippen molar-refractivity contribution in [1.82, 2.24) is 4.98 Å². The van der Waals surface area contributed by atoms with Crippen LogP contribution in [-0.2, 0) is 16.1 Å². The molecular formula is C18H21NO4. The van der Waals surface area contributed by atoms with Gasteiger partial charge in [0, 0.05) is 24.1 Å². The highest BCUT2D eigenvalue weighted by Gasteiger charge is 2.15. The Hall–Kier alpha value is -2.40. The molecule has 0 amide bonds. The van der Waals surface area contributed by atoms with Gasteiger partial charge in [-0.2, -0.15) is 0 Å². The monoisotopic (exact) mass is 315 g/mol. The maximum atomic E-state index is 10.9. The van der Waals surface area contributed by atoms with Crippen LogP contribution in [0.15, 0.2) is 42.6 Å². The zero-order valence-corrected chi connectivity index (χ0v) is 13.4. The molecule has 1 aromatic carbocycles. The molecule has 0 spiro atoms. The average Bonchev–Trinajstić information content (AvgIpc) is 2.54. The van der Waals surface area contributed by atoms with Crippen LogP contribution in [0.2, 0.25) is 0 Å². The summed E-state index contributed by atoms with van der Waals surface area (Å²) in [5.74, 6) is -0.154. The lowest BCUT2D eigenvalue weighted by molar-refractivity contribution is -0.140. The Kier molecular flexibility index (Phi) is 6.11. The topological polar surface area (TPSA) is 68.7 Å². The molecule has 1 aromatic heterocycles. The van der Waals surface area contributed by atoms with Gasteiger partial charge >= 0.3 is 5.97 Å². The third-order valence-corrected chi connectivity index (χ3v) is 3.49. The minimum Gasteiger partial charge on any atom is -0.489 e. The van der Waals surface area contributed by atoms with Gasteiger partial charge in [-0.3, -0.25) is 9.78 Å². The van der Waals surface area contributed by atoms with Gasteiger partial charge in [0.25, 0.3) is 0 Å². The minimum absolute atomic E-state index is 0.0527. The molecule has 1 atom stereocenters. The fourth-order valence-corrected chi connectivity index (χ4v) is 2.24. The van der Waals surface area contributed by atoms with Crippen molar-refractivity contribution in [2.24, 2.45) is 0 Å². The predicted octanol–water partition coefficient (Wildman–Crippen LogP) is 3.52. The van der Waals surface area contributed by atoms with Crippen molar-refractivity contribution in [3.05, 3.63) is 59.4 Å². The number of benzene rings is 1. The van der Waals surface area contributed by atoms with E-state index in [0.717, 1.165) is 22.6 Å². The first-order valence-electron chi connectivity index (χ1n) is 7.56. The lowest BCUT2D eigenvalue weighted by atomic mass is 10.1. The normalized spacial score (nSPS) is 11.9. The Morgan fingerprint density at radius 1 is 1.26 bits per heavy atom. The number of rotatable bonds is 8. The van der Waals surface area contributed by atoms with Crippen molar-refractivity contribution < 1.29 is 19.4 Å². The van der Waals surface area contributed by atoms with E-state index in [0.29, 0.717) is 13.2 Å². The summed E-state index contributed by atoms with van der Waals surface area (Å²) in [6.45, 7) is 4.71. The maximum absolute atomic E-state index is 10.9. The number of pyridine rings is 1. The fraction of sp³-hybridized carbons (Fsp3) is 0.333. The van der Waals surface area contributed by atoms with E-state index in [1.54, 1.807) is 6.20 Å². The first-order valence-corrected chi connectivity index (χ1v) is 7.56. The molecule has 23 heavy (non-hydrogen) atoms. The van der Waals surface area contributed by atoms with Crippen molar-refractivity contribution in [3.8, 4) is 5.75 Å². The highest BCUT2D eigenvalue weighted by Crippen LogP contribution is 2.24. The number of nitrogens with zero attached hydrogens (tertiary/aromatic N) is 1. The molecule has 5 heteroatoms. The summed E-state index contributed by atoms with van der Waals surface area (Å²) >= 11 is 0. The van der Waals surface area contributed by atoms with Gasteiger partial charge in [0.1, 0.15) is 12.4 Å². The number of ether oxygens (including phenoxy) is 2. The standard InChI is InChI=1S/C18H21NO4/c1-3-22-17(11-18(20)21)14-6-8-16(9-7-14)23-12-15-5-4-10-19-13(15)2/h4-10,17H,3,11-12H2,1-2H3,(H,20,21). The Morgan fingerprint density at radius 2 is 2.00 bits per heavy atom. The number of carbonyl (C=O) groups is 1.